The Morgan fingerprint density at radius 1 is 1.02 bits per heavy atom. The van der Waals surface area contributed by atoms with E-state index in [1.165, 1.54) is 31.3 Å². The van der Waals surface area contributed by atoms with Gasteiger partial charge in [-0.2, -0.15) is 0 Å². The van der Waals surface area contributed by atoms with Crippen LogP contribution in [0.5, 0.6) is 0 Å². The van der Waals surface area contributed by atoms with E-state index in [4.69, 9.17) is 9.47 Å². The van der Waals surface area contributed by atoms with E-state index < -0.39 is 36.7 Å². The summed E-state index contributed by atoms with van der Waals surface area (Å²) in [6, 6.07) is 0. The average Bonchev–Trinajstić information content (AvgIpc) is 3.29. The highest BCUT2D eigenvalue weighted by Crippen LogP contribution is 2.59. The number of allylic oxidation sites excluding steroid dienone is 6. The number of carboxylic acids is 1. The normalized spacial score (nSPS) is 41.7. The number of carbonyl (C=O) groups is 1. The zero-order valence-corrected chi connectivity index (χ0v) is 25.5. The van der Waals surface area contributed by atoms with E-state index >= 15 is 0 Å². The van der Waals surface area contributed by atoms with Crippen LogP contribution in [0.25, 0.3) is 0 Å². The fourth-order valence-corrected chi connectivity index (χ4v) is 7.70. The van der Waals surface area contributed by atoms with E-state index in [9.17, 15) is 25.2 Å². The Hall–Kier alpha value is -1.77. The van der Waals surface area contributed by atoms with Gasteiger partial charge in [-0.05, 0) is 91.9 Å². The van der Waals surface area contributed by atoms with Gasteiger partial charge >= 0.3 is 5.97 Å². The van der Waals surface area contributed by atoms with Gasteiger partial charge in [-0.3, -0.25) is 0 Å². The molecule has 7 heteroatoms. The monoisotopic (exact) mass is 572 g/mol. The third-order valence-corrected chi connectivity index (χ3v) is 10.8. The molecular weight excluding hydrogens is 520 g/mol. The Balaban J connectivity index is 1.44. The minimum atomic E-state index is -1.73. The molecule has 0 bridgehead atoms. The van der Waals surface area contributed by atoms with Crippen LogP contribution in [-0.4, -0.2) is 63.2 Å². The first-order valence-corrected chi connectivity index (χ1v) is 15.7. The number of hydrogen-bond acceptors (Lipinski definition) is 6. The number of aliphatic hydroxyl groups excluding tert-OH is 3. The molecule has 0 radical (unpaired) electrons. The Morgan fingerprint density at radius 3 is 2.44 bits per heavy atom. The maximum atomic E-state index is 11.5. The lowest BCUT2D eigenvalue weighted by molar-refractivity contribution is -0.304. The van der Waals surface area contributed by atoms with Crippen molar-refractivity contribution in [1.29, 1.82) is 0 Å². The zero-order valence-electron chi connectivity index (χ0n) is 25.5. The number of aliphatic hydroxyl groups is 3. The summed E-state index contributed by atoms with van der Waals surface area (Å²) in [7, 11) is 0. The van der Waals surface area contributed by atoms with Crippen LogP contribution in [0, 0.1) is 35.0 Å². The second kappa shape index (κ2) is 13.3. The molecule has 0 aromatic heterocycles. The number of hydrogen-bond donors (Lipinski definition) is 4. The molecule has 1 heterocycles. The van der Waals surface area contributed by atoms with Crippen molar-refractivity contribution in [3.8, 4) is 0 Å². The van der Waals surface area contributed by atoms with Crippen LogP contribution in [0.4, 0.5) is 0 Å². The molecule has 0 aromatic rings. The molecule has 4 rings (SSSR count). The van der Waals surface area contributed by atoms with Crippen LogP contribution < -0.4 is 0 Å². The molecular formula is C34H52O7. The van der Waals surface area contributed by atoms with Gasteiger partial charge in [-0.25, -0.2) is 4.79 Å². The van der Waals surface area contributed by atoms with E-state index in [2.05, 4.69) is 65.5 Å². The maximum Gasteiger partial charge on any atom is 0.335 e. The highest BCUT2D eigenvalue weighted by atomic mass is 16.7. The molecule has 4 aliphatic rings. The van der Waals surface area contributed by atoms with Crippen molar-refractivity contribution >= 4 is 5.97 Å². The van der Waals surface area contributed by atoms with Crippen LogP contribution in [0.2, 0.25) is 0 Å². The van der Waals surface area contributed by atoms with Crippen molar-refractivity contribution in [2.75, 3.05) is 0 Å². The number of aliphatic carboxylic acids is 1. The van der Waals surface area contributed by atoms with Crippen molar-refractivity contribution < 1.29 is 34.7 Å². The van der Waals surface area contributed by atoms with Crippen molar-refractivity contribution in [3.63, 3.8) is 0 Å². The molecule has 11 atom stereocenters. The summed E-state index contributed by atoms with van der Waals surface area (Å²) < 4.78 is 11.3. The van der Waals surface area contributed by atoms with Gasteiger partial charge in [0.15, 0.2) is 12.4 Å². The average molecular weight is 573 g/mol. The number of carboxylic acid groups (broad SMARTS) is 1. The van der Waals surface area contributed by atoms with Crippen molar-refractivity contribution in [2.45, 2.75) is 123 Å². The number of ether oxygens (including phenoxy) is 2. The first-order chi connectivity index (χ1) is 19.3. The molecule has 0 aromatic carbocycles. The fraction of sp³-hybridized carbons (Fsp3) is 0.735. The summed E-state index contributed by atoms with van der Waals surface area (Å²) in [5, 5.41) is 39.8. The van der Waals surface area contributed by atoms with E-state index in [1.54, 1.807) is 0 Å². The van der Waals surface area contributed by atoms with Gasteiger partial charge in [-0.1, -0.05) is 76.6 Å². The third kappa shape index (κ3) is 6.91. The van der Waals surface area contributed by atoms with Gasteiger partial charge in [0.25, 0.3) is 0 Å². The second-order valence-electron chi connectivity index (χ2n) is 13.7. The third-order valence-electron chi connectivity index (χ3n) is 10.8. The quantitative estimate of drug-likeness (QED) is 0.282. The highest BCUT2D eigenvalue weighted by molar-refractivity contribution is 5.73. The van der Waals surface area contributed by atoms with E-state index in [-0.39, 0.29) is 6.10 Å². The Kier molecular flexibility index (Phi) is 10.4. The van der Waals surface area contributed by atoms with E-state index in [0.29, 0.717) is 47.8 Å². The lowest BCUT2D eigenvalue weighted by Gasteiger charge is -2.44. The van der Waals surface area contributed by atoms with Crippen LogP contribution in [0.3, 0.4) is 0 Å². The summed E-state index contributed by atoms with van der Waals surface area (Å²) in [5.74, 6) is 1.68. The molecule has 11 unspecified atom stereocenters. The standard InChI is InChI=1S/C34H52O7/c1-19(2)20(3)9-10-22(5)26-15-16-27-23(8-7-17-34(26,27)6)12-13-24-18-25(14-11-21(24)4)40-33-30(37)28(35)29(36)31(41-33)32(38)39/h9-10,12-13,19-20,22,25-31,33,35-37H,4,7-8,11,14-18H2,1-3,5-6H3,(H,38,39). The SMILES string of the molecule is C=C1CCC(OC2OC(C(=O)O)C(O)C(O)C2O)CC1=CC=C1CCCC2(C)C1CCC2C(C)C=CC(C)C(C)C. The largest absolute Gasteiger partial charge is 0.479 e. The van der Waals surface area contributed by atoms with Crippen LogP contribution in [-0.2, 0) is 14.3 Å². The molecule has 3 aliphatic carbocycles. The molecule has 4 fully saturated rings. The van der Waals surface area contributed by atoms with Crippen LogP contribution in [0.15, 0.2) is 47.6 Å². The van der Waals surface area contributed by atoms with Gasteiger partial charge in [-0.15, -0.1) is 0 Å². The molecule has 4 N–H and O–H groups in total. The molecule has 41 heavy (non-hydrogen) atoms. The fourth-order valence-electron chi connectivity index (χ4n) is 7.70. The minimum Gasteiger partial charge on any atom is -0.479 e. The van der Waals surface area contributed by atoms with Gasteiger partial charge in [0.05, 0.1) is 6.10 Å². The molecule has 1 aliphatic heterocycles. The lowest BCUT2D eigenvalue weighted by Crippen LogP contribution is -2.60. The summed E-state index contributed by atoms with van der Waals surface area (Å²) in [6.07, 6.45) is 9.19. The van der Waals surface area contributed by atoms with Gasteiger partial charge in [0.1, 0.15) is 18.3 Å². The molecule has 230 valence electrons. The van der Waals surface area contributed by atoms with E-state index in [0.717, 1.165) is 24.0 Å². The second-order valence-corrected chi connectivity index (χ2v) is 13.7. The minimum absolute atomic E-state index is 0.309. The summed E-state index contributed by atoms with van der Waals surface area (Å²) >= 11 is 0. The smallest absolute Gasteiger partial charge is 0.335 e. The zero-order chi connectivity index (χ0) is 30.1. The number of rotatable bonds is 8. The number of fused-ring (bicyclic) bond motifs is 1. The predicted octanol–water partition coefficient (Wildman–Crippen LogP) is 5.56. The predicted molar refractivity (Wildman–Crippen MR) is 159 cm³/mol. The van der Waals surface area contributed by atoms with Crippen LogP contribution >= 0.6 is 0 Å². The van der Waals surface area contributed by atoms with Crippen molar-refractivity contribution in [1.82, 2.24) is 0 Å². The molecule has 0 amide bonds. The van der Waals surface area contributed by atoms with Crippen LogP contribution in [0.1, 0.15) is 86.0 Å². The highest BCUT2D eigenvalue weighted by Gasteiger charge is 2.50. The summed E-state index contributed by atoms with van der Waals surface area (Å²) in [5.41, 5.74) is 3.99. The van der Waals surface area contributed by atoms with Crippen molar-refractivity contribution in [2.24, 2.45) is 35.0 Å². The van der Waals surface area contributed by atoms with Gasteiger partial charge < -0.3 is 29.9 Å². The van der Waals surface area contributed by atoms with Crippen molar-refractivity contribution in [3.05, 3.63) is 47.6 Å². The first-order valence-electron chi connectivity index (χ1n) is 15.7. The van der Waals surface area contributed by atoms with Gasteiger partial charge in [0, 0.05) is 0 Å². The molecule has 1 saturated heterocycles. The van der Waals surface area contributed by atoms with Gasteiger partial charge in [0.2, 0.25) is 0 Å². The topological polar surface area (TPSA) is 116 Å². The molecule has 0 spiro atoms. The van der Waals surface area contributed by atoms with E-state index in [1.807, 2.05) is 0 Å². The Labute approximate surface area is 246 Å². The maximum absolute atomic E-state index is 11.5. The molecule has 7 nitrogen and oxygen atoms in total. The summed E-state index contributed by atoms with van der Waals surface area (Å²) in [6.45, 7) is 16.1. The summed E-state index contributed by atoms with van der Waals surface area (Å²) in [4.78, 5) is 11.5. The first kappa shape index (κ1) is 32.2. The Bertz CT molecular complexity index is 1040. The molecule has 3 saturated carbocycles. The lowest BCUT2D eigenvalue weighted by atomic mass is 9.61. The Morgan fingerprint density at radius 2 is 1.76 bits per heavy atom.